The summed E-state index contributed by atoms with van der Waals surface area (Å²) in [6.45, 7) is 7.69. The van der Waals surface area contributed by atoms with Gasteiger partial charge < -0.3 is 10.1 Å². The van der Waals surface area contributed by atoms with E-state index in [9.17, 15) is 4.79 Å². The number of nitrogens with zero attached hydrogens (tertiary/aromatic N) is 1. The Labute approximate surface area is 191 Å². The molecule has 5 aliphatic rings. The lowest BCUT2D eigenvalue weighted by molar-refractivity contribution is -0.0348. The van der Waals surface area contributed by atoms with E-state index in [0.717, 1.165) is 44.8 Å². The summed E-state index contributed by atoms with van der Waals surface area (Å²) >= 11 is 0. The molecule has 4 fully saturated rings. The van der Waals surface area contributed by atoms with E-state index in [1.165, 1.54) is 40.7 Å². The topological polar surface area (TPSA) is 41.6 Å². The first kappa shape index (κ1) is 20.3. The van der Waals surface area contributed by atoms with Gasteiger partial charge in [0.1, 0.15) is 6.10 Å². The van der Waals surface area contributed by atoms with Crippen LogP contribution in [-0.4, -0.2) is 36.7 Å². The van der Waals surface area contributed by atoms with Gasteiger partial charge in [0, 0.05) is 6.54 Å². The van der Waals surface area contributed by atoms with E-state index in [4.69, 9.17) is 4.74 Å². The predicted molar refractivity (Wildman–Crippen MR) is 127 cm³/mol. The lowest BCUT2D eigenvalue weighted by Gasteiger charge is -2.44. The number of carbonyl (C=O) groups is 1. The van der Waals surface area contributed by atoms with Gasteiger partial charge in [-0.1, -0.05) is 56.3 Å². The van der Waals surface area contributed by atoms with Crippen LogP contribution >= 0.6 is 0 Å². The van der Waals surface area contributed by atoms with Crippen LogP contribution in [0.2, 0.25) is 0 Å². The van der Waals surface area contributed by atoms with Gasteiger partial charge in [0.05, 0.1) is 6.04 Å². The van der Waals surface area contributed by atoms with Crippen LogP contribution in [0.1, 0.15) is 68.2 Å². The summed E-state index contributed by atoms with van der Waals surface area (Å²) in [6, 6.07) is 15.8. The summed E-state index contributed by atoms with van der Waals surface area (Å²) in [6.07, 6.45) is 5.73. The van der Waals surface area contributed by atoms with Crippen molar-refractivity contribution >= 4 is 6.09 Å². The van der Waals surface area contributed by atoms with Gasteiger partial charge in [-0.15, -0.1) is 0 Å². The minimum absolute atomic E-state index is 0.0163. The lowest BCUT2D eigenvalue weighted by atomic mass is 9.85. The molecule has 4 nitrogen and oxygen atoms in total. The highest BCUT2D eigenvalue weighted by atomic mass is 16.6. The maximum Gasteiger partial charge on any atom is 0.407 e. The van der Waals surface area contributed by atoms with Crippen molar-refractivity contribution in [2.75, 3.05) is 19.6 Å². The highest BCUT2D eigenvalue weighted by Crippen LogP contribution is 2.46. The molecule has 2 atom stereocenters. The van der Waals surface area contributed by atoms with Crippen molar-refractivity contribution in [3.8, 4) is 11.1 Å². The smallest absolute Gasteiger partial charge is 0.407 e. The number of amides is 1. The summed E-state index contributed by atoms with van der Waals surface area (Å²) < 4.78 is 5.93. The van der Waals surface area contributed by atoms with E-state index >= 15 is 0 Å². The predicted octanol–water partition coefficient (Wildman–Crippen LogP) is 5.67. The summed E-state index contributed by atoms with van der Waals surface area (Å²) in [5.74, 6) is 1.32. The third-order valence-corrected chi connectivity index (χ3v) is 8.29. The van der Waals surface area contributed by atoms with Crippen LogP contribution in [0.5, 0.6) is 0 Å². The van der Waals surface area contributed by atoms with Crippen LogP contribution in [0.15, 0.2) is 42.5 Å². The van der Waals surface area contributed by atoms with E-state index in [0.29, 0.717) is 5.92 Å². The van der Waals surface area contributed by atoms with Gasteiger partial charge in [-0.05, 0) is 90.3 Å². The fourth-order valence-electron chi connectivity index (χ4n) is 6.21. The van der Waals surface area contributed by atoms with Crippen molar-refractivity contribution in [2.45, 2.75) is 64.0 Å². The van der Waals surface area contributed by atoms with Gasteiger partial charge in [-0.2, -0.15) is 0 Å². The molecular formula is C28H34N2O2. The molecule has 32 heavy (non-hydrogen) atoms. The van der Waals surface area contributed by atoms with Gasteiger partial charge in [0.2, 0.25) is 0 Å². The third kappa shape index (κ3) is 3.73. The Kier molecular flexibility index (Phi) is 4.83. The zero-order valence-electron chi connectivity index (χ0n) is 19.3. The lowest BCUT2D eigenvalue weighted by Crippen LogP contribution is -2.53. The quantitative estimate of drug-likeness (QED) is 0.679. The van der Waals surface area contributed by atoms with Crippen molar-refractivity contribution in [3.63, 3.8) is 0 Å². The fourth-order valence-corrected chi connectivity index (χ4v) is 6.21. The molecule has 2 bridgehead atoms. The Morgan fingerprint density at radius 1 is 1.00 bits per heavy atom. The number of carbonyl (C=O) groups excluding carboxylic acids is 1. The van der Waals surface area contributed by atoms with Crippen LogP contribution in [0, 0.1) is 11.3 Å². The molecule has 2 aromatic rings. The number of hydrogen-bond acceptors (Lipinski definition) is 3. The van der Waals surface area contributed by atoms with Gasteiger partial charge in [-0.3, -0.25) is 4.90 Å². The van der Waals surface area contributed by atoms with Gasteiger partial charge in [0.25, 0.3) is 0 Å². The minimum Gasteiger partial charge on any atom is -0.445 e. The second kappa shape index (κ2) is 7.62. The third-order valence-electron chi connectivity index (χ3n) is 8.29. The van der Waals surface area contributed by atoms with Crippen molar-refractivity contribution < 1.29 is 9.53 Å². The second-order valence-corrected chi connectivity index (χ2v) is 11.1. The first-order valence-corrected chi connectivity index (χ1v) is 12.4. The Balaban J connectivity index is 1.18. The number of ether oxygens (including phenoxy) is 1. The van der Waals surface area contributed by atoms with Crippen LogP contribution in [-0.2, 0) is 11.2 Å². The highest BCUT2D eigenvalue weighted by molar-refractivity contribution is 5.70. The van der Waals surface area contributed by atoms with Crippen molar-refractivity contribution in [2.24, 2.45) is 11.3 Å². The zero-order valence-corrected chi connectivity index (χ0v) is 19.3. The molecule has 1 unspecified atom stereocenters. The second-order valence-electron chi connectivity index (χ2n) is 11.1. The maximum absolute atomic E-state index is 12.9. The van der Waals surface area contributed by atoms with E-state index in [2.05, 4.69) is 66.5 Å². The number of hydrogen-bond donors (Lipinski definition) is 1. The Morgan fingerprint density at radius 3 is 2.38 bits per heavy atom. The molecule has 168 valence electrons. The largest absolute Gasteiger partial charge is 0.445 e. The zero-order chi connectivity index (χ0) is 21.9. The summed E-state index contributed by atoms with van der Waals surface area (Å²) in [5, 5.41) is 3.24. The number of piperidine rings is 3. The Bertz CT molecular complexity index is 1020. The van der Waals surface area contributed by atoms with Gasteiger partial charge >= 0.3 is 6.09 Å². The van der Waals surface area contributed by atoms with Crippen molar-refractivity contribution in [1.29, 1.82) is 0 Å². The van der Waals surface area contributed by atoms with Gasteiger partial charge in [-0.25, -0.2) is 4.79 Å². The average molecular weight is 431 g/mol. The molecule has 2 aliphatic carbocycles. The summed E-state index contributed by atoms with van der Waals surface area (Å²) in [5.41, 5.74) is 6.55. The number of benzene rings is 2. The molecule has 1 saturated carbocycles. The molecule has 7 rings (SSSR count). The number of fused-ring (bicyclic) bond motifs is 4. The first-order chi connectivity index (χ1) is 15.5. The summed E-state index contributed by atoms with van der Waals surface area (Å²) in [7, 11) is 0. The monoisotopic (exact) mass is 430 g/mol. The molecule has 4 heteroatoms. The summed E-state index contributed by atoms with van der Waals surface area (Å²) in [4.78, 5) is 15.3. The Morgan fingerprint density at radius 2 is 1.72 bits per heavy atom. The van der Waals surface area contributed by atoms with E-state index < -0.39 is 0 Å². The molecule has 0 spiro atoms. The normalized spacial score (nSPS) is 30.1. The number of rotatable bonds is 4. The van der Waals surface area contributed by atoms with Crippen LogP contribution < -0.4 is 5.32 Å². The van der Waals surface area contributed by atoms with E-state index in [1.807, 2.05) is 0 Å². The molecule has 3 saturated heterocycles. The molecule has 1 amide bonds. The molecule has 3 heterocycles. The average Bonchev–Trinajstić information content (AvgIpc) is 3.60. The molecular weight excluding hydrogens is 396 g/mol. The number of alkyl carbamates (subject to hydrolysis) is 1. The standard InChI is InChI=1S/C28H34N2O2/c1-28(2)16-23-15-22(20-7-5-19(6-8-20)18-3-4-18)9-10-24(23)26(28)29-27(31)32-25-17-30-13-11-21(25)12-14-30/h5-10,15,18,21,25-26H,3-4,11-14,16-17H2,1-2H3,(H,29,31)/t25-,26?/m0/s1. The first-order valence-electron chi connectivity index (χ1n) is 12.4. The minimum atomic E-state index is -0.255. The van der Waals surface area contributed by atoms with E-state index in [-0.39, 0.29) is 23.7 Å². The molecule has 0 radical (unpaired) electrons. The molecule has 1 N–H and O–H groups in total. The maximum atomic E-state index is 12.9. The van der Waals surface area contributed by atoms with Gasteiger partial charge in [0.15, 0.2) is 0 Å². The van der Waals surface area contributed by atoms with Crippen LogP contribution in [0.25, 0.3) is 11.1 Å². The SMILES string of the molecule is CC1(C)Cc2cc(-c3ccc(C4CC4)cc3)ccc2C1NC(=O)O[C@H]1CN2CCC1CC2. The van der Waals surface area contributed by atoms with Crippen molar-refractivity contribution in [1.82, 2.24) is 10.2 Å². The fraction of sp³-hybridized carbons (Fsp3) is 0.536. The molecule has 3 aliphatic heterocycles. The van der Waals surface area contributed by atoms with Crippen LogP contribution in [0.4, 0.5) is 4.79 Å². The molecule has 2 aromatic carbocycles. The molecule has 0 aromatic heterocycles. The van der Waals surface area contributed by atoms with Crippen molar-refractivity contribution in [3.05, 3.63) is 59.2 Å². The highest BCUT2D eigenvalue weighted by Gasteiger charge is 2.42. The number of nitrogens with one attached hydrogen (secondary N) is 1. The van der Waals surface area contributed by atoms with E-state index in [1.54, 1.807) is 0 Å². The van der Waals surface area contributed by atoms with Crippen LogP contribution in [0.3, 0.4) is 0 Å². The Hall–Kier alpha value is -2.33.